The van der Waals surface area contributed by atoms with Crippen LogP contribution < -0.4 is 0 Å². The molecule has 7 aromatic carbocycles. The molecule has 2 heteroatoms. The molecule has 0 aliphatic carbocycles. The summed E-state index contributed by atoms with van der Waals surface area (Å²) in [7, 11) is 0. The molecule has 0 N–H and O–H groups in total. The van der Waals surface area contributed by atoms with Crippen LogP contribution in [-0.2, 0) is 0 Å². The lowest BCUT2D eigenvalue weighted by molar-refractivity contribution is 1.13. The molecule has 0 radical (unpaired) electrons. The molecule has 42 heavy (non-hydrogen) atoms. The summed E-state index contributed by atoms with van der Waals surface area (Å²) in [6, 6.07) is 55.0. The van der Waals surface area contributed by atoms with Crippen molar-refractivity contribution in [2.75, 3.05) is 0 Å². The summed E-state index contributed by atoms with van der Waals surface area (Å²) >= 11 is 0. The fraction of sp³-hybridized carbons (Fsp3) is 0. The Kier molecular flexibility index (Phi) is 4.93. The van der Waals surface area contributed by atoms with Gasteiger partial charge >= 0.3 is 0 Å². The lowest BCUT2D eigenvalue weighted by atomic mass is 9.92. The maximum absolute atomic E-state index is 2.41. The minimum atomic E-state index is 1.15. The van der Waals surface area contributed by atoms with Gasteiger partial charge in [-0.05, 0) is 81.2 Å². The van der Waals surface area contributed by atoms with E-state index in [9.17, 15) is 0 Å². The summed E-state index contributed by atoms with van der Waals surface area (Å²) in [5.41, 5.74) is 8.53. The molecule has 0 aliphatic rings. The van der Waals surface area contributed by atoms with Crippen molar-refractivity contribution >= 4 is 54.3 Å². The minimum absolute atomic E-state index is 1.15. The van der Waals surface area contributed by atoms with E-state index < -0.39 is 0 Å². The zero-order valence-electron chi connectivity index (χ0n) is 22.9. The highest BCUT2D eigenvalue weighted by Gasteiger charge is 2.17. The molecule has 9 aromatic rings. The van der Waals surface area contributed by atoms with Crippen LogP contribution in [0.3, 0.4) is 0 Å². The summed E-state index contributed by atoms with van der Waals surface area (Å²) in [6.07, 6.45) is 2.21. The first-order valence-corrected chi connectivity index (χ1v) is 14.5. The molecule has 0 atom stereocenters. The van der Waals surface area contributed by atoms with Crippen LogP contribution >= 0.6 is 0 Å². The number of para-hydroxylation sites is 2. The molecule has 196 valence electrons. The summed E-state index contributed by atoms with van der Waals surface area (Å²) < 4.78 is 4.72. The Labute approximate surface area is 243 Å². The lowest BCUT2D eigenvalue weighted by Crippen LogP contribution is -1.95. The number of fused-ring (bicyclic) bond motifs is 7. The van der Waals surface area contributed by atoms with Crippen LogP contribution in [-0.4, -0.2) is 9.13 Å². The predicted molar refractivity (Wildman–Crippen MR) is 178 cm³/mol. The number of nitrogens with zero attached hydrogens (tertiary/aromatic N) is 2. The SMILES string of the molecule is c1ccc(-n2c3ccccc3c3ccc4c(ccn4-c4ccc(-c5c6ccccc6cc6ccccc56)cc4)c32)cc1. The van der Waals surface area contributed by atoms with Crippen LogP contribution in [0.1, 0.15) is 0 Å². The Balaban J connectivity index is 1.24. The fourth-order valence-corrected chi connectivity index (χ4v) is 6.86. The molecule has 0 bridgehead atoms. The van der Waals surface area contributed by atoms with Crippen molar-refractivity contribution in [1.29, 1.82) is 0 Å². The van der Waals surface area contributed by atoms with Gasteiger partial charge < -0.3 is 9.13 Å². The highest BCUT2D eigenvalue weighted by Crippen LogP contribution is 2.39. The first-order chi connectivity index (χ1) is 20.8. The van der Waals surface area contributed by atoms with Crippen molar-refractivity contribution in [1.82, 2.24) is 9.13 Å². The van der Waals surface area contributed by atoms with Crippen molar-refractivity contribution in [3.05, 3.63) is 158 Å². The molecule has 0 saturated heterocycles. The van der Waals surface area contributed by atoms with Crippen molar-refractivity contribution in [3.8, 4) is 22.5 Å². The molecule has 9 rings (SSSR count). The van der Waals surface area contributed by atoms with E-state index >= 15 is 0 Å². The van der Waals surface area contributed by atoms with Gasteiger partial charge in [0.2, 0.25) is 0 Å². The van der Waals surface area contributed by atoms with Gasteiger partial charge in [-0.15, -0.1) is 0 Å². The molecule has 0 aliphatic heterocycles. The maximum Gasteiger partial charge on any atom is 0.0635 e. The number of benzene rings is 7. The van der Waals surface area contributed by atoms with Crippen molar-refractivity contribution in [3.63, 3.8) is 0 Å². The van der Waals surface area contributed by atoms with Gasteiger partial charge in [-0.25, -0.2) is 0 Å². The molecule has 0 fully saturated rings. The fourth-order valence-electron chi connectivity index (χ4n) is 6.86. The second-order valence-electron chi connectivity index (χ2n) is 11.0. The highest BCUT2D eigenvalue weighted by molar-refractivity contribution is 6.18. The van der Waals surface area contributed by atoms with Crippen LogP contribution in [0, 0.1) is 0 Å². The van der Waals surface area contributed by atoms with E-state index in [1.807, 2.05) is 0 Å². The van der Waals surface area contributed by atoms with E-state index in [0.717, 1.165) is 5.69 Å². The summed E-state index contributed by atoms with van der Waals surface area (Å²) in [6.45, 7) is 0. The van der Waals surface area contributed by atoms with Crippen LogP contribution in [0.25, 0.3) is 76.8 Å². The monoisotopic (exact) mass is 534 g/mol. The normalized spacial score (nSPS) is 11.8. The molecule has 0 amide bonds. The van der Waals surface area contributed by atoms with E-state index in [-0.39, 0.29) is 0 Å². The third-order valence-corrected chi connectivity index (χ3v) is 8.72. The Bertz CT molecular complexity index is 2390. The van der Waals surface area contributed by atoms with E-state index in [1.54, 1.807) is 0 Å². The third kappa shape index (κ3) is 3.33. The van der Waals surface area contributed by atoms with Gasteiger partial charge in [0.05, 0.1) is 16.6 Å². The van der Waals surface area contributed by atoms with E-state index in [4.69, 9.17) is 0 Å². The van der Waals surface area contributed by atoms with Gasteiger partial charge in [-0.1, -0.05) is 103 Å². The number of hydrogen-bond acceptors (Lipinski definition) is 0. The van der Waals surface area contributed by atoms with Gasteiger partial charge in [0.15, 0.2) is 0 Å². The molecule has 0 unspecified atom stereocenters. The number of hydrogen-bond donors (Lipinski definition) is 0. The molecular weight excluding hydrogens is 508 g/mol. The minimum Gasteiger partial charge on any atom is -0.316 e. The standard InChI is InChI=1S/C40H26N2/c1-2-12-31(13-3-1)42-38-17-9-8-16-34(38)35-22-23-37-36(40(35)42)24-25-41(37)30-20-18-27(19-21-30)39-32-14-6-4-10-28(32)26-29-11-5-7-15-33(29)39/h1-26H. The number of rotatable bonds is 3. The third-order valence-electron chi connectivity index (χ3n) is 8.72. The quantitative estimate of drug-likeness (QED) is 0.200. The van der Waals surface area contributed by atoms with E-state index in [1.165, 1.54) is 71.1 Å². The summed E-state index contributed by atoms with van der Waals surface area (Å²) in [5.74, 6) is 0. The first kappa shape index (κ1) is 23.1. The summed E-state index contributed by atoms with van der Waals surface area (Å²) in [4.78, 5) is 0. The lowest BCUT2D eigenvalue weighted by Gasteiger charge is -2.13. The largest absolute Gasteiger partial charge is 0.316 e. The molecule has 2 nitrogen and oxygen atoms in total. The van der Waals surface area contributed by atoms with Gasteiger partial charge in [0, 0.05) is 33.7 Å². The highest BCUT2D eigenvalue weighted by atomic mass is 15.0. The average molecular weight is 535 g/mol. The second-order valence-corrected chi connectivity index (χ2v) is 11.0. The van der Waals surface area contributed by atoms with E-state index in [2.05, 4.69) is 167 Å². The Hall–Kier alpha value is -5.60. The van der Waals surface area contributed by atoms with Crippen LogP contribution in [0.2, 0.25) is 0 Å². The van der Waals surface area contributed by atoms with Gasteiger partial charge in [0.25, 0.3) is 0 Å². The van der Waals surface area contributed by atoms with Crippen LogP contribution in [0.5, 0.6) is 0 Å². The zero-order chi connectivity index (χ0) is 27.6. The van der Waals surface area contributed by atoms with Gasteiger partial charge in [-0.2, -0.15) is 0 Å². The Morgan fingerprint density at radius 3 is 1.76 bits per heavy atom. The van der Waals surface area contributed by atoms with Crippen molar-refractivity contribution in [2.24, 2.45) is 0 Å². The molecule has 2 aromatic heterocycles. The molecule has 0 saturated carbocycles. The predicted octanol–water partition coefficient (Wildman–Crippen LogP) is 10.7. The van der Waals surface area contributed by atoms with Crippen molar-refractivity contribution < 1.29 is 0 Å². The van der Waals surface area contributed by atoms with Crippen molar-refractivity contribution in [2.45, 2.75) is 0 Å². The average Bonchev–Trinajstić information content (AvgIpc) is 3.64. The van der Waals surface area contributed by atoms with Gasteiger partial charge in [0.1, 0.15) is 0 Å². The Morgan fingerprint density at radius 2 is 1.02 bits per heavy atom. The maximum atomic E-state index is 2.41. The second kappa shape index (κ2) is 8.95. The number of aromatic nitrogens is 2. The van der Waals surface area contributed by atoms with Crippen LogP contribution in [0.15, 0.2) is 158 Å². The molecule has 0 spiro atoms. The van der Waals surface area contributed by atoms with Crippen LogP contribution in [0.4, 0.5) is 0 Å². The molecule has 2 heterocycles. The zero-order valence-corrected chi connectivity index (χ0v) is 22.9. The first-order valence-electron chi connectivity index (χ1n) is 14.5. The van der Waals surface area contributed by atoms with Gasteiger partial charge in [-0.3, -0.25) is 0 Å². The molecular formula is C40H26N2. The summed E-state index contributed by atoms with van der Waals surface area (Å²) in [5, 5.41) is 8.90. The Morgan fingerprint density at radius 1 is 0.381 bits per heavy atom. The topological polar surface area (TPSA) is 9.86 Å². The smallest absolute Gasteiger partial charge is 0.0635 e. The van der Waals surface area contributed by atoms with E-state index in [0.29, 0.717) is 0 Å².